The van der Waals surface area contributed by atoms with Crippen LogP contribution in [0.5, 0.6) is 0 Å². The molecule has 20 heavy (non-hydrogen) atoms. The third-order valence-corrected chi connectivity index (χ3v) is 3.38. The Balaban J connectivity index is 2.87. The van der Waals surface area contributed by atoms with Crippen molar-refractivity contribution in [2.45, 2.75) is 33.1 Å². The van der Waals surface area contributed by atoms with Crippen LogP contribution in [-0.2, 0) is 4.79 Å². The molecule has 1 rings (SSSR count). The molecule has 0 aromatic heterocycles. The highest BCUT2D eigenvalue weighted by Crippen LogP contribution is 2.24. The lowest BCUT2D eigenvalue weighted by atomic mass is 10.0. The fourth-order valence-corrected chi connectivity index (χ4v) is 1.98. The first-order valence-electron chi connectivity index (χ1n) is 6.82. The van der Waals surface area contributed by atoms with E-state index in [1.165, 1.54) is 0 Å². The Morgan fingerprint density at radius 1 is 1.40 bits per heavy atom. The quantitative estimate of drug-likeness (QED) is 0.817. The van der Waals surface area contributed by atoms with Crippen LogP contribution in [0.25, 0.3) is 0 Å². The van der Waals surface area contributed by atoms with Gasteiger partial charge in [0.2, 0.25) is 5.91 Å². The number of anilines is 1. The second-order valence-corrected chi connectivity index (χ2v) is 4.88. The molecule has 0 spiro atoms. The zero-order chi connectivity index (χ0) is 15.0. The van der Waals surface area contributed by atoms with E-state index in [2.05, 4.69) is 17.2 Å². The Morgan fingerprint density at radius 3 is 2.70 bits per heavy atom. The predicted molar refractivity (Wildman–Crippen MR) is 82.7 cm³/mol. The monoisotopic (exact) mass is 293 g/mol. The first-order chi connectivity index (χ1) is 9.62. The predicted octanol–water partition coefficient (Wildman–Crippen LogP) is 3.45. The van der Waals surface area contributed by atoms with Gasteiger partial charge in [-0.15, -0.1) is 0 Å². The molecule has 1 aromatic carbocycles. The number of hydrogen-bond acceptors (Lipinski definition) is 2. The molecule has 2 N–H and O–H groups in total. The maximum atomic E-state index is 12.1. The summed E-state index contributed by atoms with van der Waals surface area (Å²) in [4.78, 5) is 12.1. The number of carbonyl (C=O) groups is 1. The van der Waals surface area contributed by atoms with Gasteiger partial charge in [0.25, 0.3) is 0 Å². The summed E-state index contributed by atoms with van der Waals surface area (Å²) in [7, 11) is 0. The number of hydrogen-bond donors (Lipinski definition) is 2. The Hall–Kier alpha value is -1.50. The van der Waals surface area contributed by atoms with Gasteiger partial charge in [-0.1, -0.05) is 37.3 Å². The molecule has 0 aliphatic heterocycles. The van der Waals surface area contributed by atoms with Gasteiger partial charge in [-0.25, -0.2) is 0 Å². The van der Waals surface area contributed by atoms with Crippen LogP contribution in [0.15, 0.2) is 18.2 Å². The maximum Gasteiger partial charge on any atom is 0.227 e. The molecule has 0 aliphatic carbocycles. The summed E-state index contributed by atoms with van der Waals surface area (Å²) < 4.78 is 0. The highest BCUT2D eigenvalue weighted by Gasteiger charge is 2.15. The van der Waals surface area contributed by atoms with Crippen molar-refractivity contribution in [1.29, 1.82) is 0 Å². The Labute approximate surface area is 125 Å². The van der Waals surface area contributed by atoms with Crippen LogP contribution in [0.2, 0.25) is 5.02 Å². The van der Waals surface area contributed by atoms with Gasteiger partial charge in [-0.3, -0.25) is 4.79 Å². The SMILES string of the molecule is CCC(CC)C(=O)Nc1cc(C#CCCO)ccc1Cl. The summed E-state index contributed by atoms with van der Waals surface area (Å²) in [6.45, 7) is 4.02. The van der Waals surface area contributed by atoms with Gasteiger partial charge in [0, 0.05) is 17.9 Å². The van der Waals surface area contributed by atoms with Gasteiger partial charge < -0.3 is 10.4 Å². The number of carbonyl (C=O) groups excluding carboxylic acids is 1. The fraction of sp³-hybridized carbons (Fsp3) is 0.438. The molecule has 0 aliphatic rings. The van der Waals surface area contributed by atoms with Crippen LogP contribution in [0.1, 0.15) is 38.7 Å². The highest BCUT2D eigenvalue weighted by atomic mass is 35.5. The van der Waals surface area contributed by atoms with E-state index in [4.69, 9.17) is 16.7 Å². The second-order valence-electron chi connectivity index (χ2n) is 4.47. The van der Waals surface area contributed by atoms with Crippen LogP contribution < -0.4 is 5.32 Å². The number of aliphatic hydroxyl groups is 1. The third-order valence-electron chi connectivity index (χ3n) is 3.05. The zero-order valence-corrected chi connectivity index (χ0v) is 12.6. The Morgan fingerprint density at radius 2 is 2.10 bits per heavy atom. The van der Waals surface area contributed by atoms with Crippen LogP contribution in [0, 0.1) is 17.8 Å². The third kappa shape index (κ3) is 4.88. The maximum absolute atomic E-state index is 12.1. The van der Waals surface area contributed by atoms with Crippen molar-refractivity contribution in [2.24, 2.45) is 5.92 Å². The fourth-order valence-electron chi connectivity index (χ4n) is 1.81. The number of amides is 1. The van der Waals surface area contributed by atoms with Crippen molar-refractivity contribution in [3.05, 3.63) is 28.8 Å². The molecule has 0 saturated carbocycles. The molecule has 0 saturated heterocycles. The van der Waals surface area contributed by atoms with Crippen molar-refractivity contribution in [3.63, 3.8) is 0 Å². The summed E-state index contributed by atoms with van der Waals surface area (Å²) in [6, 6.07) is 5.26. The van der Waals surface area contributed by atoms with Crippen molar-refractivity contribution < 1.29 is 9.90 Å². The Bertz CT molecular complexity index is 513. The standard InChI is InChI=1S/C16H20ClNO2/c1-3-13(4-2)16(20)18-15-11-12(7-5-6-10-19)8-9-14(15)17/h8-9,11,13,19H,3-4,6,10H2,1-2H3,(H,18,20). The smallest absolute Gasteiger partial charge is 0.227 e. The molecule has 0 fully saturated rings. The van der Waals surface area contributed by atoms with Crippen molar-refractivity contribution >= 4 is 23.2 Å². The van der Waals surface area contributed by atoms with Gasteiger partial charge >= 0.3 is 0 Å². The Kier molecular flexibility index (Phi) is 7.14. The van der Waals surface area contributed by atoms with E-state index >= 15 is 0 Å². The second kappa shape index (κ2) is 8.63. The van der Waals surface area contributed by atoms with Gasteiger partial charge in [-0.05, 0) is 31.0 Å². The molecule has 1 amide bonds. The van der Waals surface area contributed by atoms with E-state index in [0.717, 1.165) is 18.4 Å². The van der Waals surface area contributed by atoms with E-state index in [1.54, 1.807) is 18.2 Å². The molecule has 0 unspecified atom stereocenters. The van der Waals surface area contributed by atoms with Crippen molar-refractivity contribution in [1.82, 2.24) is 0 Å². The lowest BCUT2D eigenvalue weighted by Crippen LogP contribution is -2.21. The van der Waals surface area contributed by atoms with Gasteiger partial charge in [0.05, 0.1) is 17.3 Å². The van der Waals surface area contributed by atoms with Crippen LogP contribution in [-0.4, -0.2) is 17.6 Å². The van der Waals surface area contributed by atoms with Crippen LogP contribution in [0.3, 0.4) is 0 Å². The van der Waals surface area contributed by atoms with E-state index in [1.807, 2.05) is 13.8 Å². The summed E-state index contributed by atoms with van der Waals surface area (Å²) in [5.74, 6) is 5.74. The minimum absolute atomic E-state index is 0.00445. The van der Waals surface area contributed by atoms with E-state index in [9.17, 15) is 4.79 Å². The van der Waals surface area contributed by atoms with Gasteiger partial charge in [-0.2, -0.15) is 0 Å². The molecule has 1 aromatic rings. The summed E-state index contributed by atoms with van der Waals surface area (Å²) in [5, 5.41) is 12.0. The van der Waals surface area contributed by atoms with E-state index in [0.29, 0.717) is 17.1 Å². The van der Waals surface area contributed by atoms with Gasteiger partial charge in [0.1, 0.15) is 0 Å². The number of rotatable bonds is 5. The molecular formula is C16H20ClNO2. The molecule has 0 heterocycles. The molecule has 108 valence electrons. The molecule has 3 nitrogen and oxygen atoms in total. The van der Waals surface area contributed by atoms with Crippen molar-refractivity contribution in [2.75, 3.05) is 11.9 Å². The normalized spacial score (nSPS) is 10.1. The van der Waals surface area contributed by atoms with Gasteiger partial charge in [0.15, 0.2) is 0 Å². The molecule has 0 atom stereocenters. The summed E-state index contributed by atoms with van der Waals surface area (Å²) in [5.41, 5.74) is 1.35. The minimum Gasteiger partial charge on any atom is -0.395 e. The van der Waals surface area contributed by atoms with E-state index in [-0.39, 0.29) is 18.4 Å². The van der Waals surface area contributed by atoms with Crippen LogP contribution in [0.4, 0.5) is 5.69 Å². The average Bonchev–Trinajstić information content (AvgIpc) is 2.44. The summed E-state index contributed by atoms with van der Waals surface area (Å²) in [6.07, 6.45) is 2.03. The molecule has 4 heteroatoms. The number of nitrogens with one attached hydrogen (secondary N) is 1. The van der Waals surface area contributed by atoms with Crippen molar-refractivity contribution in [3.8, 4) is 11.8 Å². The zero-order valence-electron chi connectivity index (χ0n) is 11.9. The molecular weight excluding hydrogens is 274 g/mol. The first kappa shape index (κ1) is 16.6. The average molecular weight is 294 g/mol. The number of benzene rings is 1. The topological polar surface area (TPSA) is 49.3 Å². The first-order valence-corrected chi connectivity index (χ1v) is 7.20. The lowest BCUT2D eigenvalue weighted by Gasteiger charge is -2.13. The molecule has 0 radical (unpaired) electrons. The number of halogens is 1. The largest absolute Gasteiger partial charge is 0.395 e. The highest BCUT2D eigenvalue weighted by molar-refractivity contribution is 6.33. The van der Waals surface area contributed by atoms with Crippen LogP contribution >= 0.6 is 11.6 Å². The number of aliphatic hydroxyl groups excluding tert-OH is 1. The molecule has 0 bridgehead atoms. The lowest BCUT2D eigenvalue weighted by molar-refractivity contribution is -0.120. The van der Waals surface area contributed by atoms with E-state index < -0.39 is 0 Å². The minimum atomic E-state index is -0.0163. The summed E-state index contributed by atoms with van der Waals surface area (Å²) >= 11 is 6.09.